The molecule has 1 heterocycles. The van der Waals surface area contributed by atoms with Crippen molar-refractivity contribution in [3.63, 3.8) is 0 Å². The van der Waals surface area contributed by atoms with Gasteiger partial charge < -0.3 is 9.84 Å². The van der Waals surface area contributed by atoms with E-state index in [2.05, 4.69) is 5.16 Å². The fraction of sp³-hybridized carbons (Fsp3) is 0.111. The number of hydrogen-bond donors (Lipinski definition) is 1. The third-order valence-electron chi connectivity index (χ3n) is 3.54. The van der Waals surface area contributed by atoms with Gasteiger partial charge in [-0.25, -0.2) is 0 Å². The third-order valence-corrected chi connectivity index (χ3v) is 3.54. The first-order chi connectivity index (χ1) is 11.9. The van der Waals surface area contributed by atoms with Crippen molar-refractivity contribution in [3.05, 3.63) is 78.1 Å². The topological polar surface area (TPSA) is 55.1 Å². The Morgan fingerprint density at radius 1 is 1.00 bits per heavy atom. The molecule has 1 aromatic heterocycles. The minimum absolute atomic E-state index is 0.0638. The van der Waals surface area contributed by atoms with Crippen molar-refractivity contribution in [2.45, 2.75) is 12.2 Å². The molecule has 0 aliphatic carbocycles. The molecule has 1 amide bonds. The standard InChI is InChI=1S/C18H13F3N2O2/c19-18(20,21)16(13-9-5-2-6-10-13)22-17(24)15-11-14(23-25-15)12-7-3-1-4-8-12/h1-11,16H,(H,22,24). The van der Waals surface area contributed by atoms with E-state index in [0.717, 1.165) is 0 Å². The first-order valence-corrected chi connectivity index (χ1v) is 7.40. The Kier molecular flexibility index (Phi) is 4.56. The highest BCUT2D eigenvalue weighted by Gasteiger charge is 2.42. The lowest BCUT2D eigenvalue weighted by molar-refractivity contribution is -0.155. The van der Waals surface area contributed by atoms with Gasteiger partial charge in [-0.05, 0) is 5.56 Å². The summed E-state index contributed by atoms with van der Waals surface area (Å²) in [5, 5.41) is 5.69. The molecule has 0 fully saturated rings. The number of hydrogen-bond acceptors (Lipinski definition) is 3. The van der Waals surface area contributed by atoms with Gasteiger partial charge in [-0.1, -0.05) is 65.8 Å². The van der Waals surface area contributed by atoms with E-state index in [9.17, 15) is 18.0 Å². The molecule has 25 heavy (non-hydrogen) atoms. The summed E-state index contributed by atoms with van der Waals surface area (Å²) in [7, 11) is 0. The number of nitrogens with zero attached hydrogens (tertiary/aromatic N) is 1. The second kappa shape index (κ2) is 6.80. The maximum atomic E-state index is 13.3. The quantitative estimate of drug-likeness (QED) is 0.763. The molecule has 4 nitrogen and oxygen atoms in total. The number of carbonyl (C=O) groups excluding carboxylic acids is 1. The molecule has 1 N–H and O–H groups in total. The van der Waals surface area contributed by atoms with Crippen LogP contribution in [0.4, 0.5) is 13.2 Å². The maximum absolute atomic E-state index is 13.3. The monoisotopic (exact) mass is 346 g/mol. The zero-order valence-electron chi connectivity index (χ0n) is 12.8. The molecule has 1 atom stereocenters. The summed E-state index contributed by atoms with van der Waals surface area (Å²) in [6, 6.07) is 15.2. The van der Waals surface area contributed by atoms with Crippen molar-refractivity contribution in [2.24, 2.45) is 0 Å². The molecule has 3 aromatic rings. The van der Waals surface area contributed by atoms with Crippen LogP contribution in [0.2, 0.25) is 0 Å². The number of aromatic nitrogens is 1. The van der Waals surface area contributed by atoms with E-state index >= 15 is 0 Å². The second-order valence-electron chi connectivity index (χ2n) is 5.30. The second-order valence-corrected chi connectivity index (χ2v) is 5.30. The largest absolute Gasteiger partial charge is 0.412 e. The molecule has 0 radical (unpaired) electrons. The molecule has 7 heteroatoms. The van der Waals surface area contributed by atoms with E-state index in [0.29, 0.717) is 11.3 Å². The van der Waals surface area contributed by atoms with E-state index in [1.54, 1.807) is 30.3 Å². The highest BCUT2D eigenvalue weighted by molar-refractivity contribution is 5.92. The fourth-order valence-electron chi connectivity index (χ4n) is 2.33. The predicted molar refractivity (Wildman–Crippen MR) is 84.6 cm³/mol. The zero-order chi connectivity index (χ0) is 17.9. The van der Waals surface area contributed by atoms with Crippen LogP contribution in [0.3, 0.4) is 0 Å². The van der Waals surface area contributed by atoms with Crippen molar-refractivity contribution in [2.75, 3.05) is 0 Å². The molecule has 128 valence electrons. The van der Waals surface area contributed by atoms with Gasteiger partial charge in [0.25, 0.3) is 5.91 Å². The lowest BCUT2D eigenvalue weighted by Crippen LogP contribution is -2.38. The first kappa shape index (κ1) is 16.8. The van der Waals surface area contributed by atoms with Crippen LogP contribution in [-0.4, -0.2) is 17.2 Å². The van der Waals surface area contributed by atoms with Gasteiger partial charge in [-0.15, -0.1) is 0 Å². The molecule has 0 aliphatic heterocycles. The molecule has 2 aromatic carbocycles. The van der Waals surface area contributed by atoms with Gasteiger partial charge in [0.05, 0.1) is 0 Å². The summed E-state index contributed by atoms with van der Waals surface area (Å²) in [6.07, 6.45) is -4.64. The molecule has 0 aliphatic rings. The highest BCUT2D eigenvalue weighted by atomic mass is 19.4. The minimum Gasteiger partial charge on any atom is -0.350 e. The zero-order valence-corrected chi connectivity index (χ0v) is 12.8. The summed E-state index contributed by atoms with van der Waals surface area (Å²) < 4.78 is 44.8. The fourth-order valence-corrected chi connectivity index (χ4v) is 2.33. The van der Waals surface area contributed by atoms with Crippen molar-refractivity contribution in [1.82, 2.24) is 10.5 Å². The van der Waals surface area contributed by atoms with Crippen molar-refractivity contribution in [1.29, 1.82) is 0 Å². The third kappa shape index (κ3) is 3.88. The Morgan fingerprint density at radius 3 is 2.20 bits per heavy atom. The summed E-state index contributed by atoms with van der Waals surface area (Å²) >= 11 is 0. The van der Waals surface area contributed by atoms with Gasteiger partial charge in [-0.2, -0.15) is 13.2 Å². The van der Waals surface area contributed by atoms with Crippen LogP contribution in [0.25, 0.3) is 11.3 Å². The number of halogens is 3. The lowest BCUT2D eigenvalue weighted by Gasteiger charge is -2.21. The Hall–Kier alpha value is -3.09. The van der Waals surface area contributed by atoms with Crippen molar-refractivity contribution in [3.8, 4) is 11.3 Å². The average Bonchev–Trinajstić information content (AvgIpc) is 3.10. The summed E-state index contributed by atoms with van der Waals surface area (Å²) in [5.41, 5.74) is 1.00. The first-order valence-electron chi connectivity index (χ1n) is 7.40. The van der Waals surface area contributed by atoms with Crippen LogP contribution >= 0.6 is 0 Å². The van der Waals surface area contributed by atoms with E-state index < -0.39 is 18.1 Å². The Morgan fingerprint density at radius 2 is 1.60 bits per heavy atom. The van der Waals surface area contributed by atoms with E-state index in [1.807, 2.05) is 11.4 Å². The number of benzene rings is 2. The van der Waals surface area contributed by atoms with Crippen LogP contribution in [0.5, 0.6) is 0 Å². The van der Waals surface area contributed by atoms with Crippen LogP contribution in [0, 0.1) is 0 Å². The summed E-state index contributed by atoms with van der Waals surface area (Å²) in [6.45, 7) is 0. The van der Waals surface area contributed by atoms with Gasteiger partial charge in [0.1, 0.15) is 5.69 Å². The van der Waals surface area contributed by atoms with Gasteiger partial charge in [0, 0.05) is 11.6 Å². The minimum atomic E-state index is -4.64. The van der Waals surface area contributed by atoms with Crippen LogP contribution in [-0.2, 0) is 0 Å². The maximum Gasteiger partial charge on any atom is 0.412 e. The van der Waals surface area contributed by atoms with Gasteiger partial charge in [0.2, 0.25) is 5.76 Å². The molecule has 1 unspecified atom stereocenters. The number of carbonyl (C=O) groups is 1. The molecule has 0 bridgehead atoms. The van der Waals surface area contributed by atoms with E-state index in [4.69, 9.17) is 4.52 Å². The average molecular weight is 346 g/mol. The highest BCUT2D eigenvalue weighted by Crippen LogP contribution is 2.33. The van der Waals surface area contributed by atoms with Crippen LogP contribution in [0.15, 0.2) is 71.3 Å². The van der Waals surface area contributed by atoms with E-state index in [1.165, 1.54) is 30.3 Å². The van der Waals surface area contributed by atoms with Gasteiger partial charge in [0.15, 0.2) is 6.04 Å². The van der Waals surface area contributed by atoms with Crippen LogP contribution < -0.4 is 5.32 Å². The predicted octanol–water partition coefficient (Wildman–Crippen LogP) is 4.38. The Balaban J connectivity index is 1.82. The van der Waals surface area contributed by atoms with Gasteiger partial charge >= 0.3 is 6.18 Å². The molecule has 0 saturated heterocycles. The number of rotatable bonds is 4. The van der Waals surface area contributed by atoms with Crippen molar-refractivity contribution >= 4 is 5.91 Å². The number of nitrogens with one attached hydrogen (secondary N) is 1. The normalized spacial score (nSPS) is 12.6. The molecular formula is C18H13F3N2O2. The SMILES string of the molecule is O=C(NC(c1ccccc1)C(F)(F)F)c1cc(-c2ccccc2)no1. The Bertz CT molecular complexity index is 846. The summed E-state index contributed by atoms with van der Waals surface area (Å²) in [5.74, 6) is -1.27. The lowest BCUT2D eigenvalue weighted by atomic mass is 10.1. The molecule has 0 saturated carbocycles. The summed E-state index contributed by atoms with van der Waals surface area (Å²) in [4.78, 5) is 12.2. The van der Waals surface area contributed by atoms with Crippen molar-refractivity contribution < 1.29 is 22.5 Å². The molecule has 3 rings (SSSR count). The molecule has 0 spiro atoms. The van der Waals surface area contributed by atoms with Gasteiger partial charge in [-0.3, -0.25) is 4.79 Å². The van der Waals surface area contributed by atoms with E-state index in [-0.39, 0.29) is 11.3 Å². The smallest absolute Gasteiger partial charge is 0.350 e. The number of alkyl halides is 3. The molecular weight excluding hydrogens is 333 g/mol. The number of amides is 1. The Labute approximate surface area is 141 Å². The van der Waals surface area contributed by atoms with Crippen LogP contribution in [0.1, 0.15) is 22.2 Å².